The highest BCUT2D eigenvalue weighted by Crippen LogP contribution is 2.33. The third kappa shape index (κ3) is 3.38. The minimum absolute atomic E-state index is 0.103. The fourth-order valence-electron chi connectivity index (χ4n) is 3.76. The van der Waals surface area contributed by atoms with Gasteiger partial charge >= 0.3 is 0 Å². The minimum Gasteiger partial charge on any atom is -0.508 e. The molecule has 4 aromatic rings. The summed E-state index contributed by atoms with van der Waals surface area (Å²) in [6.45, 7) is 6.22. The van der Waals surface area contributed by atoms with Gasteiger partial charge < -0.3 is 10.2 Å². The van der Waals surface area contributed by atoms with E-state index in [2.05, 4.69) is 31.8 Å². The monoisotopic (exact) mass is 372 g/mol. The Balaban J connectivity index is 1.66. The van der Waals surface area contributed by atoms with Crippen LogP contribution in [0.2, 0.25) is 0 Å². The number of nitrogens with zero attached hydrogens (tertiary/aromatic N) is 2. The van der Waals surface area contributed by atoms with Gasteiger partial charge in [0.05, 0.1) is 5.52 Å². The average molecular weight is 372 g/mol. The summed E-state index contributed by atoms with van der Waals surface area (Å²) < 4.78 is 0. The number of aromatic nitrogens is 2. The van der Waals surface area contributed by atoms with Crippen molar-refractivity contribution in [1.29, 1.82) is 0 Å². The molecule has 0 amide bonds. The van der Waals surface area contributed by atoms with E-state index >= 15 is 0 Å². The Morgan fingerprint density at radius 2 is 1.57 bits per heavy atom. The highest BCUT2D eigenvalue weighted by atomic mass is 16.3. The van der Waals surface area contributed by atoms with E-state index < -0.39 is 0 Å². The number of phenols is 2. The smallest absolute Gasteiger partial charge is 0.121 e. The Morgan fingerprint density at radius 1 is 0.821 bits per heavy atom. The second kappa shape index (κ2) is 7.12. The number of phenolic OH excluding ortho intramolecular Hbond substituents is 2. The molecule has 0 fully saturated rings. The molecule has 2 heterocycles. The predicted octanol–water partition coefficient (Wildman–Crippen LogP) is 5.66. The molecule has 0 radical (unpaired) electrons. The highest BCUT2D eigenvalue weighted by molar-refractivity contribution is 5.84. The maximum absolute atomic E-state index is 10.5. The molecule has 0 aliphatic carbocycles. The van der Waals surface area contributed by atoms with Gasteiger partial charge in [-0.2, -0.15) is 0 Å². The fraction of sp³-hybridized carbons (Fsp3) is 0.250. The predicted molar refractivity (Wildman–Crippen MR) is 113 cm³/mol. The molecule has 28 heavy (non-hydrogen) atoms. The molecule has 1 unspecified atom stereocenters. The summed E-state index contributed by atoms with van der Waals surface area (Å²) in [6, 6.07) is 13.6. The molecule has 0 saturated heterocycles. The molecule has 0 aliphatic heterocycles. The van der Waals surface area contributed by atoms with Gasteiger partial charge in [0.1, 0.15) is 11.5 Å². The van der Waals surface area contributed by atoms with E-state index in [0.29, 0.717) is 12.2 Å². The van der Waals surface area contributed by atoms with E-state index in [1.165, 1.54) is 0 Å². The zero-order valence-electron chi connectivity index (χ0n) is 16.3. The Bertz CT molecular complexity index is 1170. The topological polar surface area (TPSA) is 66.2 Å². The van der Waals surface area contributed by atoms with Crippen molar-refractivity contribution in [1.82, 2.24) is 9.97 Å². The van der Waals surface area contributed by atoms with Gasteiger partial charge in [0.25, 0.3) is 0 Å². The van der Waals surface area contributed by atoms with Crippen LogP contribution in [0.1, 0.15) is 49.4 Å². The van der Waals surface area contributed by atoms with E-state index in [4.69, 9.17) is 4.98 Å². The molecule has 2 aromatic carbocycles. The molecule has 4 rings (SSSR count). The van der Waals surface area contributed by atoms with Crippen LogP contribution in [0.15, 0.2) is 54.9 Å². The van der Waals surface area contributed by atoms with E-state index in [-0.39, 0.29) is 17.6 Å². The van der Waals surface area contributed by atoms with Crippen LogP contribution >= 0.6 is 0 Å². The molecule has 0 spiro atoms. The molecule has 4 nitrogen and oxygen atoms in total. The summed E-state index contributed by atoms with van der Waals surface area (Å²) in [7, 11) is 0. The van der Waals surface area contributed by atoms with Crippen molar-refractivity contribution in [3.05, 3.63) is 71.7 Å². The molecule has 4 heteroatoms. The van der Waals surface area contributed by atoms with Gasteiger partial charge in [-0.1, -0.05) is 26.8 Å². The zero-order valence-corrected chi connectivity index (χ0v) is 16.3. The number of pyridine rings is 2. The van der Waals surface area contributed by atoms with Crippen molar-refractivity contribution in [2.75, 3.05) is 0 Å². The maximum Gasteiger partial charge on any atom is 0.121 e. The highest BCUT2D eigenvalue weighted by Gasteiger charge is 2.15. The Morgan fingerprint density at radius 3 is 2.36 bits per heavy atom. The largest absolute Gasteiger partial charge is 0.508 e. The van der Waals surface area contributed by atoms with E-state index in [1.807, 2.05) is 24.3 Å². The molecule has 1 atom stereocenters. The summed E-state index contributed by atoms with van der Waals surface area (Å²) in [6.07, 6.45) is 4.22. The lowest BCUT2D eigenvalue weighted by Gasteiger charge is -2.15. The third-order valence-electron chi connectivity index (χ3n) is 5.35. The molecule has 142 valence electrons. The van der Waals surface area contributed by atoms with Gasteiger partial charge in [-0.15, -0.1) is 0 Å². The molecular weight excluding hydrogens is 348 g/mol. The molecule has 2 N–H and O–H groups in total. The van der Waals surface area contributed by atoms with Crippen molar-refractivity contribution in [2.24, 2.45) is 0 Å². The number of benzene rings is 2. The summed E-state index contributed by atoms with van der Waals surface area (Å²) in [5.74, 6) is 0.940. The van der Waals surface area contributed by atoms with Gasteiger partial charge in [-0.25, -0.2) is 0 Å². The van der Waals surface area contributed by atoms with E-state index in [1.54, 1.807) is 24.5 Å². The SMILES string of the molecule is CC(C)c1cc2ccc(CC(C)c3cc4ccncc4cc3O)nc2cc1O. The first-order valence-corrected chi connectivity index (χ1v) is 9.61. The van der Waals surface area contributed by atoms with Crippen molar-refractivity contribution < 1.29 is 10.2 Å². The molecule has 0 bridgehead atoms. The number of hydrogen-bond acceptors (Lipinski definition) is 4. The molecular formula is C24H24N2O2. The van der Waals surface area contributed by atoms with Crippen LogP contribution in [0.5, 0.6) is 11.5 Å². The summed E-state index contributed by atoms with van der Waals surface area (Å²) >= 11 is 0. The quantitative estimate of drug-likeness (QED) is 0.485. The number of hydrogen-bond donors (Lipinski definition) is 2. The van der Waals surface area contributed by atoms with Crippen LogP contribution in [0.4, 0.5) is 0 Å². The van der Waals surface area contributed by atoms with Crippen LogP contribution in [0.3, 0.4) is 0 Å². The zero-order chi connectivity index (χ0) is 19.8. The van der Waals surface area contributed by atoms with Crippen LogP contribution in [0, 0.1) is 0 Å². The first kappa shape index (κ1) is 18.2. The first-order valence-electron chi connectivity index (χ1n) is 9.61. The lowest BCUT2D eigenvalue weighted by atomic mass is 9.93. The second-order valence-electron chi connectivity index (χ2n) is 7.80. The van der Waals surface area contributed by atoms with Gasteiger partial charge in [0.2, 0.25) is 0 Å². The Labute approximate surface area is 164 Å². The van der Waals surface area contributed by atoms with Crippen LogP contribution < -0.4 is 0 Å². The second-order valence-corrected chi connectivity index (χ2v) is 7.80. The normalized spacial score (nSPS) is 12.7. The Kier molecular flexibility index (Phi) is 4.63. The van der Waals surface area contributed by atoms with E-state index in [9.17, 15) is 10.2 Å². The summed E-state index contributed by atoms with van der Waals surface area (Å²) in [4.78, 5) is 8.85. The van der Waals surface area contributed by atoms with Gasteiger partial charge in [-0.05, 0) is 65.1 Å². The van der Waals surface area contributed by atoms with Crippen molar-refractivity contribution in [3.63, 3.8) is 0 Å². The van der Waals surface area contributed by atoms with Crippen molar-refractivity contribution in [3.8, 4) is 11.5 Å². The average Bonchev–Trinajstić information content (AvgIpc) is 2.66. The lowest BCUT2D eigenvalue weighted by Crippen LogP contribution is -2.01. The maximum atomic E-state index is 10.5. The number of fused-ring (bicyclic) bond motifs is 2. The van der Waals surface area contributed by atoms with Gasteiger partial charge in [0, 0.05) is 34.9 Å². The van der Waals surface area contributed by atoms with Crippen LogP contribution in [0.25, 0.3) is 21.7 Å². The van der Waals surface area contributed by atoms with Crippen LogP contribution in [-0.4, -0.2) is 20.2 Å². The number of rotatable bonds is 4. The van der Waals surface area contributed by atoms with E-state index in [0.717, 1.165) is 38.5 Å². The molecule has 0 aliphatic rings. The van der Waals surface area contributed by atoms with Crippen molar-refractivity contribution in [2.45, 2.75) is 39.0 Å². The number of aromatic hydroxyl groups is 2. The lowest BCUT2D eigenvalue weighted by molar-refractivity contribution is 0.463. The molecule has 0 saturated carbocycles. The summed E-state index contributed by atoms with van der Waals surface area (Å²) in [5.41, 5.74) is 3.57. The van der Waals surface area contributed by atoms with Gasteiger partial charge in [0.15, 0.2) is 0 Å². The van der Waals surface area contributed by atoms with Crippen LogP contribution in [-0.2, 0) is 6.42 Å². The first-order chi connectivity index (χ1) is 13.4. The minimum atomic E-state index is 0.103. The molecule has 2 aromatic heterocycles. The fourth-order valence-corrected chi connectivity index (χ4v) is 3.76. The van der Waals surface area contributed by atoms with Crippen molar-refractivity contribution >= 4 is 21.7 Å². The standard InChI is InChI=1S/C24H24N2O2/c1-14(2)20-10-17-4-5-19(26-22(17)12-24(20)28)8-15(3)21-9-16-6-7-25-13-18(16)11-23(21)27/h4-7,9-15,27-28H,8H2,1-3H3. The van der Waals surface area contributed by atoms with Gasteiger partial charge in [-0.3, -0.25) is 9.97 Å². The third-order valence-corrected chi connectivity index (χ3v) is 5.35. The summed E-state index contributed by atoms with van der Waals surface area (Å²) in [5, 5.41) is 23.8. The Hall–Kier alpha value is -3.14.